The van der Waals surface area contributed by atoms with Crippen molar-refractivity contribution in [3.8, 4) is 0 Å². The minimum atomic E-state index is -0.651. The summed E-state index contributed by atoms with van der Waals surface area (Å²) in [5.41, 5.74) is 11.2. The number of primary amides is 1. The van der Waals surface area contributed by atoms with Gasteiger partial charge in [0.2, 0.25) is 5.91 Å². The van der Waals surface area contributed by atoms with Gasteiger partial charge in [0.15, 0.2) is 0 Å². The van der Waals surface area contributed by atoms with Crippen molar-refractivity contribution >= 4 is 23.3 Å². The van der Waals surface area contributed by atoms with Crippen LogP contribution in [0.1, 0.15) is 24.2 Å². The van der Waals surface area contributed by atoms with Crippen molar-refractivity contribution in [3.05, 3.63) is 17.8 Å². The molecule has 0 aliphatic heterocycles. The van der Waals surface area contributed by atoms with Crippen LogP contribution < -0.4 is 22.1 Å². The second kappa shape index (κ2) is 5.85. The number of hydrogen-bond donors (Lipinski definition) is 4. The zero-order valence-electron chi connectivity index (χ0n) is 10.4. The molecule has 0 saturated heterocycles. The molecular weight excluding hydrogens is 234 g/mol. The van der Waals surface area contributed by atoms with E-state index in [1.54, 1.807) is 0 Å². The fourth-order valence-electron chi connectivity index (χ4n) is 1.35. The third-order valence-electron chi connectivity index (χ3n) is 2.04. The smallest absolute Gasteiger partial charge is 0.252 e. The summed E-state index contributed by atoms with van der Waals surface area (Å²) in [5.74, 6) is -0.601. The molecule has 1 heterocycles. The minimum Gasteiger partial charge on any atom is -0.397 e. The van der Waals surface area contributed by atoms with Gasteiger partial charge in [-0.3, -0.25) is 9.59 Å². The molecule has 1 rings (SSSR count). The maximum absolute atomic E-state index is 11.4. The predicted molar refractivity (Wildman–Crippen MR) is 68.9 cm³/mol. The van der Waals surface area contributed by atoms with E-state index in [-0.39, 0.29) is 29.9 Å². The van der Waals surface area contributed by atoms with E-state index in [2.05, 4.69) is 15.6 Å². The molecule has 7 nitrogen and oxygen atoms in total. The molecule has 0 bridgehead atoms. The number of amides is 2. The van der Waals surface area contributed by atoms with E-state index < -0.39 is 5.91 Å². The number of anilines is 2. The highest BCUT2D eigenvalue weighted by Crippen LogP contribution is 2.14. The van der Waals surface area contributed by atoms with Crippen LogP contribution in [-0.2, 0) is 4.79 Å². The van der Waals surface area contributed by atoms with Crippen LogP contribution in [0.5, 0.6) is 0 Å². The van der Waals surface area contributed by atoms with Gasteiger partial charge >= 0.3 is 0 Å². The summed E-state index contributed by atoms with van der Waals surface area (Å²) in [6, 6.07) is 1.46. The van der Waals surface area contributed by atoms with Crippen molar-refractivity contribution in [2.24, 2.45) is 5.73 Å². The molecule has 0 aliphatic carbocycles. The molecule has 0 aliphatic rings. The first-order chi connectivity index (χ1) is 8.40. The number of aromatic nitrogens is 1. The lowest BCUT2D eigenvalue weighted by Gasteiger charge is -2.11. The summed E-state index contributed by atoms with van der Waals surface area (Å²) in [6.07, 6.45) is 1.38. The van der Waals surface area contributed by atoms with E-state index in [1.807, 2.05) is 13.8 Å². The van der Waals surface area contributed by atoms with Gasteiger partial charge < -0.3 is 22.1 Å². The van der Waals surface area contributed by atoms with Crippen LogP contribution in [0.2, 0.25) is 0 Å². The number of carbonyl (C=O) groups excluding carboxylic acids is 2. The first-order valence-electron chi connectivity index (χ1n) is 5.48. The predicted octanol–water partition coefficient (Wildman–Crippen LogP) is -0.301. The molecule has 0 saturated carbocycles. The van der Waals surface area contributed by atoms with Gasteiger partial charge in [-0.15, -0.1) is 0 Å². The van der Waals surface area contributed by atoms with E-state index in [0.29, 0.717) is 5.69 Å². The number of nitrogen functional groups attached to an aromatic ring is 1. The molecule has 0 radical (unpaired) electrons. The highest BCUT2D eigenvalue weighted by Gasteiger charge is 2.11. The van der Waals surface area contributed by atoms with Gasteiger partial charge in [0.1, 0.15) is 5.82 Å². The molecule has 0 unspecified atom stereocenters. The molecule has 98 valence electrons. The van der Waals surface area contributed by atoms with Crippen LogP contribution in [0.3, 0.4) is 0 Å². The molecular formula is C11H17N5O2. The Bertz CT molecular complexity index is 459. The van der Waals surface area contributed by atoms with E-state index in [1.165, 1.54) is 12.3 Å². The number of nitrogens with two attached hydrogens (primary N) is 2. The summed E-state index contributed by atoms with van der Waals surface area (Å²) >= 11 is 0. The summed E-state index contributed by atoms with van der Waals surface area (Å²) in [5, 5.41) is 5.45. The SMILES string of the molecule is CC(C)NC(=O)CNc1ncc(N)cc1C(N)=O. The Labute approximate surface area is 105 Å². The molecule has 0 fully saturated rings. The standard InChI is InChI=1S/C11H17N5O2/c1-6(2)16-9(17)5-15-11-8(10(13)18)3-7(12)4-14-11/h3-4,6H,5,12H2,1-2H3,(H2,13,18)(H,14,15)(H,16,17). The molecule has 0 spiro atoms. The Morgan fingerprint density at radius 2 is 2.11 bits per heavy atom. The average molecular weight is 251 g/mol. The lowest BCUT2D eigenvalue weighted by Crippen LogP contribution is -2.35. The van der Waals surface area contributed by atoms with Gasteiger partial charge in [0.05, 0.1) is 24.0 Å². The van der Waals surface area contributed by atoms with Crippen molar-refractivity contribution in [2.45, 2.75) is 19.9 Å². The van der Waals surface area contributed by atoms with Crippen molar-refractivity contribution in [3.63, 3.8) is 0 Å². The maximum Gasteiger partial charge on any atom is 0.252 e. The van der Waals surface area contributed by atoms with Crippen LogP contribution in [0.25, 0.3) is 0 Å². The van der Waals surface area contributed by atoms with Gasteiger partial charge in [-0.25, -0.2) is 4.98 Å². The molecule has 1 aromatic rings. The van der Waals surface area contributed by atoms with Gasteiger partial charge in [-0.2, -0.15) is 0 Å². The quantitative estimate of drug-likeness (QED) is 0.572. The van der Waals surface area contributed by atoms with Crippen molar-refractivity contribution in [2.75, 3.05) is 17.6 Å². The second-order valence-electron chi connectivity index (χ2n) is 4.10. The van der Waals surface area contributed by atoms with Crippen LogP contribution in [-0.4, -0.2) is 29.4 Å². The zero-order valence-corrected chi connectivity index (χ0v) is 10.4. The lowest BCUT2D eigenvalue weighted by molar-refractivity contribution is -0.119. The summed E-state index contributed by atoms with van der Waals surface area (Å²) in [6.45, 7) is 3.72. The third kappa shape index (κ3) is 3.93. The Hall–Kier alpha value is -2.31. The number of pyridine rings is 1. The lowest BCUT2D eigenvalue weighted by atomic mass is 10.2. The first-order valence-corrected chi connectivity index (χ1v) is 5.48. The first kappa shape index (κ1) is 13.8. The third-order valence-corrected chi connectivity index (χ3v) is 2.04. The molecule has 7 heteroatoms. The number of carbonyl (C=O) groups is 2. The summed E-state index contributed by atoms with van der Waals surface area (Å²) in [7, 11) is 0. The van der Waals surface area contributed by atoms with E-state index in [0.717, 1.165) is 0 Å². The van der Waals surface area contributed by atoms with E-state index >= 15 is 0 Å². The van der Waals surface area contributed by atoms with Gasteiger partial charge in [-0.05, 0) is 19.9 Å². The fourth-order valence-corrected chi connectivity index (χ4v) is 1.35. The topological polar surface area (TPSA) is 123 Å². The van der Waals surface area contributed by atoms with Crippen molar-refractivity contribution in [1.82, 2.24) is 10.3 Å². The van der Waals surface area contributed by atoms with Gasteiger partial charge in [0.25, 0.3) is 5.91 Å². The minimum absolute atomic E-state index is 0.00930. The van der Waals surface area contributed by atoms with Crippen molar-refractivity contribution < 1.29 is 9.59 Å². The Kier molecular flexibility index (Phi) is 4.47. The second-order valence-corrected chi connectivity index (χ2v) is 4.10. The Morgan fingerprint density at radius 1 is 1.44 bits per heavy atom. The fraction of sp³-hybridized carbons (Fsp3) is 0.364. The molecule has 0 atom stereocenters. The van der Waals surface area contributed by atoms with Crippen LogP contribution in [0.4, 0.5) is 11.5 Å². The van der Waals surface area contributed by atoms with Gasteiger partial charge in [-0.1, -0.05) is 0 Å². The number of nitrogens with one attached hydrogen (secondary N) is 2. The Morgan fingerprint density at radius 3 is 2.67 bits per heavy atom. The maximum atomic E-state index is 11.4. The largest absolute Gasteiger partial charge is 0.397 e. The molecule has 2 amide bonds. The zero-order chi connectivity index (χ0) is 13.7. The van der Waals surface area contributed by atoms with Crippen LogP contribution in [0, 0.1) is 0 Å². The monoisotopic (exact) mass is 251 g/mol. The molecule has 1 aromatic heterocycles. The highest BCUT2D eigenvalue weighted by molar-refractivity contribution is 5.98. The normalized spacial score (nSPS) is 10.2. The van der Waals surface area contributed by atoms with E-state index in [9.17, 15) is 9.59 Å². The average Bonchev–Trinajstić information content (AvgIpc) is 2.26. The summed E-state index contributed by atoms with van der Waals surface area (Å²) < 4.78 is 0. The number of rotatable bonds is 5. The van der Waals surface area contributed by atoms with Gasteiger partial charge in [0, 0.05) is 6.04 Å². The molecule has 0 aromatic carbocycles. The van der Waals surface area contributed by atoms with Crippen LogP contribution >= 0.6 is 0 Å². The molecule has 18 heavy (non-hydrogen) atoms. The highest BCUT2D eigenvalue weighted by atomic mass is 16.2. The number of hydrogen-bond acceptors (Lipinski definition) is 5. The Balaban J connectivity index is 2.73. The van der Waals surface area contributed by atoms with Crippen molar-refractivity contribution in [1.29, 1.82) is 0 Å². The van der Waals surface area contributed by atoms with E-state index in [4.69, 9.17) is 11.5 Å². The molecule has 6 N–H and O–H groups in total. The summed E-state index contributed by atoms with van der Waals surface area (Å²) in [4.78, 5) is 26.5. The number of nitrogens with zero attached hydrogens (tertiary/aromatic N) is 1. The van der Waals surface area contributed by atoms with Crippen LogP contribution in [0.15, 0.2) is 12.3 Å².